The first-order valence-electron chi connectivity index (χ1n) is 8.30. The van der Waals surface area contributed by atoms with E-state index in [9.17, 15) is 4.79 Å². The van der Waals surface area contributed by atoms with Gasteiger partial charge < -0.3 is 20.4 Å². The Morgan fingerprint density at radius 1 is 1.57 bits per heavy atom. The molecule has 7 nitrogen and oxygen atoms in total. The first kappa shape index (κ1) is 17.9. The van der Waals surface area contributed by atoms with E-state index in [0.717, 1.165) is 5.82 Å². The predicted molar refractivity (Wildman–Crippen MR) is 87.9 cm³/mol. The fourth-order valence-electron chi connectivity index (χ4n) is 3.15. The summed E-state index contributed by atoms with van der Waals surface area (Å²) in [5.74, 6) is 1.10. The summed E-state index contributed by atoms with van der Waals surface area (Å²) in [4.78, 5) is 12.5. The zero-order valence-electron chi connectivity index (χ0n) is 14.8. The van der Waals surface area contributed by atoms with Gasteiger partial charge in [-0.05, 0) is 6.92 Å². The Morgan fingerprint density at radius 2 is 2.26 bits per heavy atom. The minimum atomic E-state index is -0.874. The fourth-order valence-corrected chi connectivity index (χ4v) is 3.15. The first-order valence-corrected chi connectivity index (χ1v) is 8.30. The molecule has 2 unspecified atom stereocenters. The number of amides is 1. The average Bonchev–Trinajstić information content (AvgIpc) is 2.95. The lowest BCUT2D eigenvalue weighted by Gasteiger charge is -2.57. The summed E-state index contributed by atoms with van der Waals surface area (Å²) in [5, 5.41) is 11.0. The molecule has 2 rings (SSSR count). The predicted octanol–water partition coefficient (Wildman–Crippen LogP) is 1.05. The van der Waals surface area contributed by atoms with Crippen molar-refractivity contribution in [3.8, 4) is 0 Å². The Hall–Kier alpha value is -1.47. The molecule has 0 aliphatic heterocycles. The van der Waals surface area contributed by atoms with Crippen molar-refractivity contribution in [1.82, 2.24) is 20.1 Å². The number of aromatic nitrogens is 3. The molecule has 3 N–H and O–H groups in total. The third kappa shape index (κ3) is 3.12. The Morgan fingerprint density at radius 3 is 2.83 bits per heavy atom. The molecule has 1 aromatic rings. The Kier molecular flexibility index (Phi) is 5.10. The Labute approximate surface area is 138 Å². The van der Waals surface area contributed by atoms with Gasteiger partial charge in [0.15, 0.2) is 0 Å². The van der Waals surface area contributed by atoms with E-state index in [1.165, 1.54) is 0 Å². The first-order chi connectivity index (χ1) is 10.7. The molecule has 1 fully saturated rings. The molecule has 130 valence electrons. The van der Waals surface area contributed by atoms with Gasteiger partial charge in [-0.15, -0.1) is 10.2 Å². The van der Waals surface area contributed by atoms with Gasteiger partial charge in [0, 0.05) is 37.5 Å². The van der Waals surface area contributed by atoms with Crippen molar-refractivity contribution in [3.63, 3.8) is 0 Å². The average molecular weight is 323 g/mol. The van der Waals surface area contributed by atoms with E-state index in [1.807, 2.05) is 25.3 Å². The monoisotopic (exact) mass is 323 g/mol. The molecular weight excluding hydrogens is 294 g/mol. The molecule has 1 heterocycles. The van der Waals surface area contributed by atoms with Crippen LogP contribution in [0.3, 0.4) is 0 Å². The van der Waals surface area contributed by atoms with E-state index in [1.54, 1.807) is 6.33 Å². The van der Waals surface area contributed by atoms with Gasteiger partial charge in [0.1, 0.15) is 17.7 Å². The van der Waals surface area contributed by atoms with Gasteiger partial charge in [0.05, 0.1) is 6.10 Å². The summed E-state index contributed by atoms with van der Waals surface area (Å²) >= 11 is 0. The molecular formula is C16H29N5O2. The summed E-state index contributed by atoms with van der Waals surface area (Å²) in [6.45, 7) is 11.9. The lowest BCUT2D eigenvalue weighted by atomic mass is 9.54. The van der Waals surface area contributed by atoms with Crippen LogP contribution in [0.5, 0.6) is 0 Å². The van der Waals surface area contributed by atoms with Crippen LogP contribution in [0.4, 0.5) is 0 Å². The minimum absolute atomic E-state index is 0.0358. The molecule has 0 aromatic carbocycles. The molecule has 1 aliphatic carbocycles. The van der Waals surface area contributed by atoms with Crippen LogP contribution in [-0.4, -0.2) is 45.5 Å². The number of carbonyl (C=O) groups is 1. The maximum Gasteiger partial charge on any atom is 0.240 e. The van der Waals surface area contributed by atoms with E-state index in [4.69, 9.17) is 10.5 Å². The van der Waals surface area contributed by atoms with E-state index in [-0.39, 0.29) is 17.4 Å². The SMILES string of the molecule is CCOC1CC(N)(C(=O)NCCn2cnnc2C(C)C)C1(C)C. The van der Waals surface area contributed by atoms with Crippen molar-refractivity contribution in [2.45, 2.75) is 65.1 Å². The second-order valence-corrected chi connectivity index (χ2v) is 7.13. The van der Waals surface area contributed by atoms with E-state index < -0.39 is 5.54 Å². The molecule has 0 saturated heterocycles. The van der Waals surface area contributed by atoms with Gasteiger partial charge in [-0.1, -0.05) is 27.7 Å². The van der Waals surface area contributed by atoms with Gasteiger partial charge in [-0.2, -0.15) is 0 Å². The van der Waals surface area contributed by atoms with Gasteiger partial charge in [0.25, 0.3) is 0 Å². The van der Waals surface area contributed by atoms with Crippen molar-refractivity contribution in [2.75, 3.05) is 13.2 Å². The lowest BCUT2D eigenvalue weighted by Crippen LogP contribution is -2.75. The van der Waals surface area contributed by atoms with Crippen molar-refractivity contribution >= 4 is 5.91 Å². The lowest BCUT2D eigenvalue weighted by molar-refractivity contribution is -0.170. The number of nitrogens with zero attached hydrogens (tertiary/aromatic N) is 3. The molecule has 0 bridgehead atoms. The second-order valence-electron chi connectivity index (χ2n) is 7.13. The maximum atomic E-state index is 12.5. The quantitative estimate of drug-likeness (QED) is 0.782. The van der Waals surface area contributed by atoms with Gasteiger partial charge in [-0.3, -0.25) is 4.79 Å². The van der Waals surface area contributed by atoms with Crippen molar-refractivity contribution < 1.29 is 9.53 Å². The number of nitrogens with one attached hydrogen (secondary N) is 1. The van der Waals surface area contributed by atoms with Crippen LogP contribution in [0.2, 0.25) is 0 Å². The summed E-state index contributed by atoms with van der Waals surface area (Å²) in [7, 11) is 0. The third-order valence-corrected chi connectivity index (χ3v) is 5.04. The number of ether oxygens (including phenoxy) is 1. The number of rotatable bonds is 7. The highest BCUT2D eigenvalue weighted by Gasteiger charge is 2.62. The molecule has 1 saturated carbocycles. The maximum absolute atomic E-state index is 12.5. The summed E-state index contributed by atoms with van der Waals surface area (Å²) < 4.78 is 7.62. The Balaban J connectivity index is 1.89. The van der Waals surface area contributed by atoms with Crippen LogP contribution >= 0.6 is 0 Å². The van der Waals surface area contributed by atoms with Crippen molar-refractivity contribution in [1.29, 1.82) is 0 Å². The molecule has 1 aliphatic rings. The standard InChI is InChI=1S/C16H29N5O2/c1-6-23-12-9-16(17,15(12,4)5)14(22)18-7-8-21-10-19-20-13(21)11(2)3/h10-12H,6-9,17H2,1-5H3,(H,18,22). The summed E-state index contributed by atoms with van der Waals surface area (Å²) in [6.07, 6.45) is 2.29. The number of carbonyl (C=O) groups excluding carboxylic acids is 1. The highest BCUT2D eigenvalue weighted by atomic mass is 16.5. The summed E-state index contributed by atoms with van der Waals surface area (Å²) in [5.41, 5.74) is 5.12. The molecule has 7 heteroatoms. The van der Waals surface area contributed by atoms with E-state index in [0.29, 0.717) is 32.0 Å². The molecule has 1 amide bonds. The van der Waals surface area contributed by atoms with Crippen LogP contribution in [0.1, 0.15) is 52.8 Å². The van der Waals surface area contributed by atoms with Gasteiger partial charge >= 0.3 is 0 Å². The number of nitrogens with two attached hydrogens (primary N) is 1. The molecule has 23 heavy (non-hydrogen) atoms. The second kappa shape index (κ2) is 6.57. The van der Waals surface area contributed by atoms with E-state index >= 15 is 0 Å². The van der Waals surface area contributed by atoms with Gasteiger partial charge in [0.2, 0.25) is 5.91 Å². The molecule has 0 radical (unpaired) electrons. The Bertz CT molecular complexity index is 554. The zero-order chi connectivity index (χ0) is 17.3. The highest BCUT2D eigenvalue weighted by Crippen LogP contribution is 2.49. The highest BCUT2D eigenvalue weighted by molar-refractivity contribution is 5.88. The number of hydrogen-bond donors (Lipinski definition) is 2. The molecule has 2 atom stereocenters. The van der Waals surface area contributed by atoms with Crippen LogP contribution in [0, 0.1) is 5.41 Å². The largest absolute Gasteiger partial charge is 0.378 e. The van der Waals surface area contributed by atoms with Crippen LogP contribution in [0.15, 0.2) is 6.33 Å². The topological polar surface area (TPSA) is 95.1 Å². The molecule has 0 spiro atoms. The minimum Gasteiger partial charge on any atom is -0.378 e. The van der Waals surface area contributed by atoms with Crippen LogP contribution < -0.4 is 11.1 Å². The third-order valence-electron chi connectivity index (χ3n) is 5.04. The van der Waals surface area contributed by atoms with E-state index in [2.05, 4.69) is 29.4 Å². The normalized spacial score (nSPS) is 26.1. The van der Waals surface area contributed by atoms with Gasteiger partial charge in [-0.25, -0.2) is 0 Å². The smallest absolute Gasteiger partial charge is 0.240 e. The van der Waals surface area contributed by atoms with Crippen molar-refractivity contribution in [3.05, 3.63) is 12.2 Å². The van der Waals surface area contributed by atoms with Crippen molar-refractivity contribution in [2.24, 2.45) is 11.1 Å². The van der Waals surface area contributed by atoms with Crippen LogP contribution in [0.25, 0.3) is 0 Å². The van der Waals surface area contributed by atoms with Crippen LogP contribution in [-0.2, 0) is 16.1 Å². The fraction of sp³-hybridized carbons (Fsp3) is 0.812. The number of hydrogen-bond acceptors (Lipinski definition) is 5. The summed E-state index contributed by atoms with van der Waals surface area (Å²) in [6, 6.07) is 0. The molecule has 1 aromatic heterocycles. The zero-order valence-corrected chi connectivity index (χ0v) is 14.8.